The second-order valence-electron chi connectivity index (χ2n) is 2.98. The van der Waals surface area contributed by atoms with Crippen molar-refractivity contribution in [2.75, 3.05) is 6.54 Å². The number of hydrogen-bond donors (Lipinski definition) is 1. The highest BCUT2D eigenvalue weighted by Crippen LogP contribution is 2.22. The number of nitrogens with two attached hydrogens (primary N) is 1. The summed E-state index contributed by atoms with van der Waals surface area (Å²) >= 11 is 0. The molecule has 0 amide bonds. The van der Waals surface area contributed by atoms with E-state index in [0.29, 0.717) is 6.29 Å². The molecule has 4 heteroatoms. The zero-order chi connectivity index (χ0) is 10.6. The van der Waals surface area contributed by atoms with Gasteiger partial charge in [-0.3, -0.25) is 0 Å². The van der Waals surface area contributed by atoms with Gasteiger partial charge in [0.05, 0.1) is 0 Å². The van der Waals surface area contributed by atoms with Gasteiger partial charge >= 0.3 is 0 Å². The molecular weight excluding hydrogens is 188 g/mol. The summed E-state index contributed by atoms with van der Waals surface area (Å²) in [5, 5.41) is 0. The predicted octanol–water partition coefficient (Wildman–Crippen LogP) is 1.60. The van der Waals surface area contributed by atoms with E-state index >= 15 is 0 Å². The molecule has 0 spiro atoms. The molecule has 0 radical (unpaired) electrons. The highest BCUT2D eigenvalue weighted by molar-refractivity contribution is 5.51. The fourth-order valence-electron chi connectivity index (χ4n) is 1.30. The monoisotopic (exact) mass is 199 g/mol. The molecule has 0 saturated carbocycles. The van der Waals surface area contributed by atoms with Crippen LogP contribution in [0.3, 0.4) is 0 Å². The van der Waals surface area contributed by atoms with Gasteiger partial charge in [0.25, 0.3) is 0 Å². The van der Waals surface area contributed by atoms with Crippen LogP contribution in [0.4, 0.5) is 8.78 Å². The van der Waals surface area contributed by atoms with Gasteiger partial charge in [-0.05, 0) is 18.2 Å². The normalized spacial score (nSPS) is 12.5. The zero-order valence-corrected chi connectivity index (χ0v) is 7.54. The van der Waals surface area contributed by atoms with Crippen LogP contribution in [0.1, 0.15) is 17.9 Å². The summed E-state index contributed by atoms with van der Waals surface area (Å²) in [6.07, 6.45) is 0.763. The molecule has 0 heterocycles. The Bertz CT molecular complexity index is 328. The molecular formula is C10H11F2NO. The number of rotatable bonds is 4. The van der Waals surface area contributed by atoms with Crippen molar-refractivity contribution in [2.24, 2.45) is 5.73 Å². The van der Waals surface area contributed by atoms with E-state index in [4.69, 9.17) is 5.73 Å². The van der Waals surface area contributed by atoms with Gasteiger partial charge in [-0.1, -0.05) is 12.1 Å². The Labute approximate surface area is 80.7 Å². The summed E-state index contributed by atoms with van der Waals surface area (Å²) in [5.74, 6) is -2.26. The molecule has 1 aromatic carbocycles. The minimum atomic E-state index is -0.912. The summed E-state index contributed by atoms with van der Waals surface area (Å²) in [4.78, 5) is 10.3. The second kappa shape index (κ2) is 4.81. The molecule has 1 aromatic rings. The summed E-state index contributed by atoms with van der Waals surface area (Å²) < 4.78 is 26.0. The molecule has 2 nitrogen and oxygen atoms in total. The van der Waals surface area contributed by atoms with Gasteiger partial charge in [-0.2, -0.15) is 0 Å². The van der Waals surface area contributed by atoms with Gasteiger partial charge < -0.3 is 10.5 Å². The van der Waals surface area contributed by atoms with E-state index in [1.165, 1.54) is 12.1 Å². The molecule has 0 fully saturated rings. The van der Waals surface area contributed by atoms with Crippen molar-refractivity contribution in [3.63, 3.8) is 0 Å². The molecule has 76 valence electrons. The van der Waals surface area contributed by atoms with Crippen LogP contribution in [0.2, 0.25) is 0 Å². The molecule has 2 N–H and O–H groups in total. The number of carbonyl (C=O) groups excluding carboxylic acids is 1. The summed E-state index contributed by atoms with van der Waals surface area (Å²) in [5.41, 5.74) is 5.53. The van der Waals surface area contributed by atoms with Crippen molar-refractivity contribution < 1.29 is 13.6 Å². The van der Waals surface area contributed by atoms with E-state index in [0.717, 1.165) is 6.07 Å². The van der Waals surface area contributed by atoms with E-state index in [1.54, 1.807) is 0 Å². The number of benzene rings is 1. The Hall–Kier alpha value is -1.29. The largest absolute Gasteiger partial charge is 0.330 e. The molecule has 1 rings (SSSR count). The Morgan fingerprint density at radius 2 is 2.14 bits per heavy atom. The maximum atomic E-state index is 13.2. The van der Waals surface area contributed by atoms with Gasteiger partial charge in [0, 0.05) is 12.3 Å². The van der Waals surface area contributed by atoms with Crippen LogP contribution < -0.4 is 5.73 Å². The average Bonchev–Trinajstić information content (AvgIpc) is 2.19. The highest BCUT2D eigenvalue weighted by Gasteiger charge is 2.16. The molecule has 0 aliphatic heterocycles. The first-order valence-electron chi connectivity index (χ1n) is 4.28. The van der Waals surface area contributed by atoms with Crippen molar-refractivity contribution in [1.82, 2.24) is 0 Å². The lowest BCUT2D eigenvalue weighted by atomic mass is 9.96. The molecule has 1 unspecified atom stereocenters. The smallest absolute Gasteiger partial charge is 0.162 e. The lowest BCUT2D eigenvalue weighted by Crippen LogP contribution is -2.15. The quantitative estimate of drug-likeness (QED) is 0.748. The van der Waals surface area contributed by atoms with Crippen LogP contribution in [-0.2, 0) is 4.79 Å². The third-order valence-electron chi connectivity index (χ3n) is 2.09. The fraction of sp³-hybridized carbons (Fsp3) is 0.300. The zero-order valence-electron chi connectivity index (χ0n) is 7.54. The van der Waals surface area contributed by atoms with Crippen molar-refractivity contribution in [3.8, 4) is 0 Å². The van der Waals surface area contributed by atoms with E-state index < -0.39 is 17.6 Å². The third-order valence-corrected chi connectivity index (χ3v) is 2.09. The first-order chi connectivity index (χ1) is 6.70. The molecule has 0 aliphatic carbocycles. The summed E-state index contributed by atoms with van der Waals surface area (Å²) in [6.45, 7) is 0.124. The number of aldehydes is 1. The van der Waals surface area contributed by atoms with Gasteiger partial charge in [0.1, 0.15) is 6.29 Å². The predicted molar refractivity (Wildman–Crippen MR) is 48.8 cm³/mol. The van der Waals surface area contributed by atoms with Gasteiger partial charge in [0.2, 0.25) is 0 Å². The molecule has 0 bridgehead atoms. The Morgan fingerprint density at radius 1 is 1.43 bits per heavy atom. The Balaban J connectivity index is 3.03. The molecule has 1 atom stereocenters. The lowest BCUT2D eigenvalue weighted by Gasteiger charge is -2.12. The van der Waals surface area contributed by atoms with Crippen LogP contribution in [-0.4, -0.2) is 12.8 Å². The van der Waals surface area contributed by atoms with Crippen LogP contribution in [0.5, 0.6) is 0 Å². The summed E-state index contributed by atoms with van der Waals surface area (Å²) in [7, 11) is 0. The topological polar surface area (TPSA) is 43.1 Å². The second-order valence-corrected chi connectivity index (χ2v) is 2.98. The Morgan fingerprint density at radius 3 is 2.71 bits per heavy atom. The highest BCUT2D eigenvalue weighted by atomic mass is 19.2. The van der Waals surface area contributed by atoms with E-state index in [9.17, 15) is 13.6 Å². The Kier molecular flexibility index (Phi) is 3.71. The summed E-state index contributed by atoms with van der Waals surface area (Å²) in [6, 6.07) is 3.88. The number of hydrogen-bond acceptors (Lipinski definition) is 2. The molecule has 0 aromatic heterocycles. The minimum Gasteiger partial charge on any atom is -0.330 e. The minimum absolute atomic E-state index is 0.108. The maximum Gasteiger partial charge on any atom is 0.162 e. The van der Waals surface area contributed by atoms with Crippen molar-refractivity contribution >= 4 is 6.29 Å². The van der Waals surface area contributed by atoms with Gasteiger partial charge in [0.15, 0.2) is 11.6 Å². The first kappa shape index (κ1) is 10.8. The number of halogens is 2. The SMILES string of the molecule is NCC(CC=O)c1cccc(F)c1F. The van der Waals surface area contributed by atoms with Crippen LogP contribution in [0, 0.1) is 11.6 Å². The van der Waals surface area contributed by atoms with Crippen molar-refractivity contribution in [3.05, 3.63) is 35.4 Å². The standard InChI is InChI=1S/C10H11F2NO/c11-9-3-1-2-8(10(9)12)7(6-13)4-5-14/h1-3,5,7H,4,6,13H2. The van der Waals surface area contributed by atoms with Gasteiger partial charge in [-0.15, -0.1) is 0 Å². The molecule has 0 aliphatic rings. The van der Waals surface area contributed by atoms with Crippen LogP contribution in [0.15, 0.2) is 18.2 Å². The maximum absolute atomic E-state index is 13.2. The number of carbonyl (C=O) groups is 1. The van der Waals surface area contributed by atoms with Crippen molar-refractivity contribution in [1.29, 1.82) is 0 Å². The lowest BCUT2D eigenvalue weighted by molar-refractivity contribution is -0.108. The fourth-order valence-corrected chi connectivity index (χ4v) is 1.30. The van der Waals surface area contributed by atoms with Crippen molar-refractivity contribution in [2.45, 2.75) is 12.3 Å². The van der Waals surface area contributed by atoms with E-state index in [2.05, 4.69) is 0 Å². The van der Waals surface area contributed by atoms with E-state index in [-0.39, 0.29) is 18.5 Å². The average molecular weight is 199 g/mol. The third kappa shape index (κ3) is 2.14. The molecule has 14 heavy (non-hydrogen) atoms. The van der Waals surface area contributed by atoms with Crippen LogP contribution in [0.25, 0.3) is 0 Å². The first-order valence-corrected chi connectivity index (χ1v) is 4.28. The molecule has 0 saturated heterocycles. The van der Waals surface area contributed by atoms with Gasteiger partial charge in [-0.25, -0.2) is 8.78 Å². The van der Waals surface area contributed by atoms with Crippen LogP contribution >= 0.6 is 0 Å². The van der Waals surface area contributed by atoms with E-state index in [1.807, 2.05) is 0 Å².